The molecule has 6 nitrogen and oxygen atoms in total. The molecule has 2 aromatic heterocycles. The second-order valence-electron chi connectivity index (χ2n) is 6.67. The summed E-state index contributed by atoms with van der Waals surface area (Å²) in [5.41, 5.74) is -0.917. The fourth-order valence-electron chi connectivity index (χ4n) is 3.41. The summed E-state index contributed by atoms with van der Waals surface area (Å²) < 4.78 is 20.3. The Bertz CT molecular complexity index is 1130. The van der Waals surface area contributed by atoms with Crippen molar-refractivity contribution in [1.29, 1.82) is 0 Å². The maximum absolute atomic E-state index is 14.6. The summed E-state index contributed by atoms with van der Waals surface area (Å²) in [6, 6.07) is 7.52. The van der Waals surface area contributed by atoms with E-state index in [1.54, 1.807) is 38.1 Å². The van der Waals surface area contributed by atoms with E-state index in [2.05, 4.69) is 5.32 Å². The van der Waals surface area contributed by atoms with E-state index >= 15 is 0 Å². The van der Waals surface area contributed by atoms with Gasteiger partial charge >= 0.3 is 12.0 Å². The summed E-state index contributed by atoms with van der Waals surface area (Å²) in [5, 5.41) is 4.77. The number of hydrogen-bond donors (Lipinski definition) is 1. The molecule has 9 heteroatoms. The SMILES string of the molecule is CCOC(=O)c1sc2cccc(F)c2c1CN1C(=O)N[C@](C)(c2cccs2)C1=O. The molecule has 4 rings (SSSR count). The minimum Gasteiger partial charge on any atom is -0.462 e. The average Bonchev–Trinajstić information content (AvgIpc) is 3.38. The Labute approximate surface area is 173 Å². The molecule has 150 valence electrons. The third kappa shape index (κ3) is 3.10. The molecule has 3 aromatic rings. The first-order valence-electron chi connectivity index (χ1n) is 8.92. The summed E-state index contributed by atoms with van der Waals surface area (Å²) >= 11 is 2.45. The fourth-order valence-corrected chi connectivity index (χ4v) is 5.36. The molecular formula is C20H17FN2O4S2. The van der Waals surface area contributed by atoms with Gasteiger partial charge < -0.3 is 10.1 Å². The lowest BCUT2D eigenvalue weighted by Crippen LogP contribution is -2.40. The predicted octanol–water partition coefficient (Wildman–Crippen LogP) is 4.25. The lowest BCUT2D eigenvalue weighted by molar-refractivity contribution is -0.131. The Balaban J connectivity index is 1.78. The number of nitrogens with one attached hydrogen (secondary N) is 1. The standard InChI is InChI=1S/C20H17FN2O4S2/c1-3-27-17(24)16-11(15-12(21)6-4-7-13(15)29-16)10-23-18(25)20(2,22-19(23)26)14-8-5-9-28-14/h4-9H,3,10H2,1-2H3,(H,22,26)/t20-/m1/s1. The molecule has 1 aliphatic heterocycles. The van der Waals surface area contributed by atoms with E-state index in [1.165, 1.54) is 17.4 Å². The van der Waals surface area contributed by atoms with Gasteiger partial charge in [0.1, 0.15) is 10.7 Å². The number of amides is 3. The van der Waals surface area contributed by atoms with Gasteiger partial charge in [0.2, 0.25) is 0 Å². The molecule has 1 N–H and O–H groups in total. The zero-order valence-corrected chi connectivity index (χ0v) is 17.3. The Morgan fingerprint density at radius 2 is 2.07 bits per heavy atom. The normalized spacial score (nSPS) is 19.1. The molecule has 0 spiro atoms. The molecule has 0 radical (unpaired) electrons. The van der Waals surface area contributed by atoms with E-state index in [9.17, 15) is 18.8 Å². The van der Waals surface area contributed by atoms with Crippen LogP contribution in [0.2, 0.25) is 0 Å². The van der Waals surface area contributed by atoms with Crippen LogP contribution in [0.3, 0.4) is 0 Å². The third-order valence-electron chi connectivity index (χ3n) is 4.83. The van der Waals surface area contributed by atoms with Crippen LogP contribution in [0.25, 0.3) is 10.1 Å². The molecule has 0 unspecified atom stereocenters. The summed E-state index contributed by atoms with van der Waals surface area (Å²) in [4.78, 5) is 40.2. The number of fused-ring (bicyclic) bond motifs is 1. The number of imide groups is 1. The highest BCUT2D eigenvalue weighted by molar-refractivity contribution is 7.21. The number of ether oxygens (including phenoxy) is 1. The Kier molecular flexibility index (Phi) is 4.87. The van der Waals surface area contributed by atoms with E-state index in [4.69, 9.17) is 4.74 Å². The van der Waals surface area contributed by atoms with Crippen molar-refractivity contribution in [2.45, 2.75) is 25.9 Å². The number of benzene rings is 1. The molecule has 29 heavy (non-hydrogen) atoms. The monoisotopic (exact) mass is 432 g/mol. The third-order valence-corrected chi connectivity index (χ3v) is 7.10. The maximum atomic E-state index is 14.6. The second-order valence-corrected chi connectivity index (χ2v) is 8.67. The molecule has 1 aromatic carbocycles. The molecule has 0 bridgehead atoms. The molecule has 3 heterocycles. The lowest BCUT2D eigenvalue weighted by atomic mass is 10.0. The predicted molar refractivity (Wildman–Crippen MR) is 108 cm³/mol. The van der Waals surface area contributed by atoms with Crippen LogP contribution in [0.1, 0.15) is 34.0 Å². The van der Waals surface area contributed by atoms with Crippen molar-refractivity contribution >= 4 is 50.7 Å². The van der Waals surface area contributed by atoms with Gasteiger partial charge in [-0.3, -0.25) is 9.69 Å². The minimum atomic E-state index is -1.19. The largest absolute Gasteiger partial charge is 0.462 e. The zero-order chi connectivity index (χ0) is 20.8. The molecular weight excluding hydrogens is 415 g/mol. The number of urea groups is 1. The fraction of sp³-hybridized carbons (Fsp3) is 0.250. The van der Waals surface area contributed by atoms with Crippen LogP contribution in [0.4, 0.5) is 9.18 Å². The number of halogens is 1. The first-order chi connectivity index (χ1) is 13.9. The van der Waals surface area contributed by atoms with E-state index in [0.29, 0.717) is 9.58 Å². The highest BCUT2D eigenvalue weighted by Gasteiger charge is 2.50. The van der Waals surface area contributed by atoms with Gasteiger partial charge in [-0.05, 0) is 37.4 Å². The first kappa shape index (κ1) is 19.5. The molecule has 0 saturated carbocycles. The number of nitrogens with zero attached hydrogens (tertiary/aromatic N) is 1. The van der Waals surface area contributed by atoms with Gasteiger partial charge in [-0.1, -0.05) is 12.1 Å². The average molecular weight is 432 g/mol. The molecule has 1 fully saturated rings. The highest BCUT2D eigenvalue weighted by atomic mass is 32.1. The Morgan fingerprint density at radius 3 is 2.76 bits per heavy atom. The van der Waals surface area contributed by atoms with Crippen molar-refractivity contribution in [3.05, 3.63) is 56.8 Å². The van der Waals surface area contributed by atoms with Crippen molar-refractivity contribution in [3.63, 3.8) is 0 Å². The summed E-state index contributed by atoms with van der Waals surface area (Å²) in [6.07, 6.45) is 0. The van der Waals surface area contributed by atoms with Crippen molar-refractivity contribution < 1.29 is 23.5 Å². The topological polar surface area (TPSA) is 75.7 Å². The minimum absolute atomic E-state index is 0.161. The smallest absolute Gasteiger partial charge is 0.348 e. The van der Waals surface area contributed by atoms with Crippen LogP contribution in [0, 0.1) is 5.82 Å². The van der Waals surface area contributed by atoms with Gasteiger partial charge in [-0.2, -0.15) is 0 Å². The van der Waals surface area contributed by atoms with Gasteiger partial charge in [-0.15, -0.1) is 22.7 Å². The number of thiophene rings is 2. The van der Waals surface area contributed by atoms with Crippen LogP contribution >= 0.6 is 22.7 Å². The number of esters is 1. The number of carbonyl (C=O) groups excluding carboxylic acids is 3. The van der Waals surface area contributed by atoms with Gasteiger partial charge in [0, 0.05) is 20.5 Å². The van der Waals surface area contributed by atoms with Gasteiger partial charge in [-0.25, -0.2) is 14.0 Å². The van der Waals surface area contributed by atoms with Crippen molar-refractivity contribution in [1.82, 2.24) is 10.2 Å². The number of rotatable bonds is 5. The molecule has 3 amide bonds. The highest BCUT2D eigenvalue weighted by Crippen LogP contribution is 2.37. The Morgan fingerprint density at radius 1 is 1.28 bits per heavy atom. The van der Waals surface area contributed by atoms with Crippen molar-refractivity contribution in [2.75, 3.05) is 6.61 Å². The molecule has 1 aliphatic rings. The van der Waals surface area contributed by atoms with Crippen LogP contribution in [0.15, 0.2) is 35.7 Å². The van der Waals surface area contributed by atoms with Gasteiger partial charge in [0.15, 0.2) is 5.54 Å². The number of carbonyl (C=O) groups is 3. The van der Waals surface area contributed by atoms with E-state index in [1.807, 2.05) is 5.38 Å². The molecule has 1 atom stereocenters. The summed E-state index contributed by atoms with van der Waals surface area (Å²) in [6.45, 7) is 3.25. The van der Waals surface area contributed by atoms with Crippen molar-refractivity contribution in [2.24, 2.45) is 0 Å². The Hall–Kier alpha value is -2.78. The molecule has 1 saturated heterocycles. The van der Waals surface area contributed by atoms with Crippen LogP contribution in [-0.4, -0.2) is 29.4 Å². The quantitative estimate of drug-likeness (QED) is 0.483. The summed E-state index contributed by atoms with van der Waals surface area (Å²) in [5.74, 6) is -1.57. The summed E-state index contributed by atoms with van der Waals surface area (Å²) in [7, 11) is 0. The van der Waals surface area contributed by atoms with E-state index < -0.39 is 29.3 Å². The first-order valence-corrected chi connectivity index (χ1v) is 10.6. The van der Waals surface area contributed by atoms with Gasteiger partial charge in [0.05, 0.1) is 13.2 Å². The van der Waals surface area contributed by atoms with E-state index in [0.717, 1.165) is 16.2 Å². The molecule has 0 aliphatic carbocycles. The second kappa shape index (κ2) is 7.23. The number of hydrogen-bond acceptors (Lipinski definition) is 6. The maximum Gasteiger partial charge on any atom is 0.348 e. The van der Waals surface area contributed by atoms with Gasteiger partial charge in [0.25, 0.3) is 5.91 Å². The van der Waals surface area contributed by atoms with Crippen LogP contribution in [-0.2, 0) is 21.6 Å². The van der Waals surface area contributed by atoms with Crippen molar-refractivity contribution in [3.8, 4) is 0 Å². The van der Waals surface area contributed by atoms with Crippen LogP contribution in [0.5, 0.6) is 0 Å². The van der Waals surface area contributed by atoms with E-state index in [-0.39, 0.29) is 29.0 Å². The zero-order valence-electron chi connectivity index (χ0n) is 15.7. The lowest BCUT2D eigenvalue weighted by Gasteiger charge is -2.20. The van der Waals surface area contributed by atoms with Crippen LogP contribution < -0.4 is 5.32 Å².